The van der Waals surface area contributed by atoms with Crippen molar-refractivity contribution in [3.63, 3.8) is 0 Å². The average Bonchev–Trinajstić information content (AvgIpc) is 3.10. The molecule has 0 aliphatic carbocycles. The van der Waals surface area contributed by atoms with E-state index in [0.717, 1.165) is 26.8 Å². The van der Waals surface area contributed by atoms with Crippen molar-refractivity contribution in [3.05, 3.63) is 103 Å². The van der Waals surface area contributed by atoms with E-state index >= 15 is 0 Å². The predicted octanol–water partition coefficient (Wildman–Crippen LogP) is 7.53. The number of thioether (sulfide) groups is 1. The molecule has 3 aromatic carbocycles. The minimum absolute atomic E-state index is 0.0806. The lowest BCUT2D eigenvalue weighted by Gasteiger charge is -2.19. The Balaban J connectivity index is 1.51. The molecule has 1 heterocycles. The van der Waals surface area contributed by atoms with Crippen molar-refractivity contribution in [1.29, 1.82) is 0 Å². The zero-order valence-corrected chi connectivity index (χ0v) is 24.4. The zero-order valence-electron chi connectivity index (χ0n) is 20.4. The quantitative estimate of drug-likeness (QED) is 0.230. The topological polar surface area (TPSA) is 58.6 Å². The van der Waals surface area contributed by atoms with E-state index in [4.69, 9.17) is 28.6 Å². The van der Waals surface area contributed by atoms with Gasteiger partial charge >= 0.3 is 0 Å². The van der Waals surface area contributed by atoms with E-state index in [9.17, 15) is 9.59 Å². The fourth-order valence-corrected chi connectivity index (χ4v) is 5.31. The van der Waals surface area contributed by atoms with Crippen LogP contribution < -0.4 is 10.2 Å². The summed E-state index contributed by atoms with van der Waals surface area (Å²) in [6.07, 6.45) is 1.71. The van der Waals surface area contributed by atoms with Crippen molar-refractivity contribution in [3.8, 4) is 5.75 Å². The zero-order chi connectivity index (χ0) is 26.7. The summed E-state index contributed by atoms with van der Waals surface area (Å²) in [6, 6.07) is 20.5. The highest BCUT2D eigenvalue weighted by molar-refractivity contribution is 9.10. The van der Waals surface area contributed by atoms with Crippen LogP contribution in [0.25, 0.3) is 6.08 Å². The molecule has 1 aliphatic rings. The summed E-state index contributed by atoms with van der Waals surface area (Å²) in [6.45, 7) is 6.91. The molecule has 0 unspecified atom stereocenters. The number of amides is 2. The fourth-order valence-electron chi connectivity index (χ4n) is 3.54. The van der Waals surface area contributed by atoms with Gasteiger partial charge in [-0.3, -0.25) is 15.0 Å². The van der Waals surface area contributed by atoms with E-state index in [0.29, 0.717) is 22.8 Å². The van der Waals surface area contributed by atoms with Crippen LogP contribution in [0.15, 0.2) is 76.1 Å². The Morgan fingerprint density at radius 2 is 1.84 bits per heavy atom. The van der Waals surface area contributed by atoms with Crippen LogP contribution in [0.1, 0.15) is 47.8 Å². The molecule has 0 atom stereocenters. The van der Waals surface area contributed by atoms with Crippen molar-refractivity contribution in [1.82, 2.24) is 10.4 Å². The lowest BCUT2D eigenvalue weighted by atomic mass is 9.87. The maximum Gasteiger partial charge on any atom is 0.285 e. The van der Waals surface area contributed by atoms with Crippen molar-refractivity contribution in [2.45, 2.75) is 32.8 Å². The fraction of sp³-hybridized carbons (Fsp3) is 0.179. The predicted molar refractivity (Wildman–Crippen MR) is 158 cm³/mol. The maximum absolute atomic E-state index is 13.1. The second-order valence-electron chi connectivity index (χ2n) is 9.36. The summed E-state index contributed by atoms with van der Waals surface area (Å²) in [5, 5.41) is 1.34. The van der Waals surface area contributed by atoms with Crippen LogP contribution >= 0.6 is 51.5 Å². The minimum atomic E-state index is -0.521. The Labute approximate surface area is 239 Å². The number of hydrogen-bond donors (Lipinski definition) is 1. The summed E-state index contributed by atoms with van der Waals surface area (Å²) < 4.78 is 7.17. The summed E-state index contributed by atoms with van der Waals surface area (Å²) >= 11 is 16.1. The molecule has 0 aromatic heterocycles. The van der Waals surface area contributed by atoms with Gasteiger partial charge in [-0.2, -0.15) is 5.01 Å². The SMILES string of the molecule is CC(C)(C)c1ccc(COc2ccc(Br)cc2/C=C2/SC(=S)N(NC(=O)c3ccccc3Cl)C2=O)cc1. The van der Waals surface area contributed by atoms with Gasteiger partial charge in [0.2, 0.25) is 0 Å². The van der Waals surface area contributed by atoms with Gasteiger partial charge in [0.15, 0.2) is 4.32 Å². The highest BCUT2D eigenvalue weighted by atomic mass is 79.9. The van der Waals surface area contributed by atoms with Gasteiger partial charge in [-0.05, 0) is 65.2 Å². The minimum Gasteiger partial charge on any atom is -0.488 e. The molecule has 2 amide bonds. The van der Waals surface area contributed by atoms with Gasteiger partial charge in [-0.25, -0.2) is 0 Å². The van der Waals surface area contributed by atoms with Crippen LogP contribution in [-0.4, -0.2) is 21.1 Å². The van der Waals surface area contributed by atoms with E-state index < -0.39 is 11.8 Å². The third kappa shape index (κ3) is 6.62. The molecule has 0 radical (unpaired) electrons. The van der Waals surface area contributed by atoms with Crippen LogP contribution in [0.4, 0.5) is 0 Å². The third-order valence-electron chi connectivity index (χ3n) is 5.60. The summed E-state index contributed by atoms with van der Waals surface area (Å²) in [4.78, 5) is 26.1. The van der Waals surface area contributed by atoms with Gasteiger partial charge < -0.3 is 4.74 Å². The van der Waals surface area contributed by atoms with Crippen LogP contribution in [-0.2, 0) is 16.8 Å². The summed E-state index contributed by atoms with van der Waals surface area (Å²) in [5.41, 5.74) is 5.89. The second kappa shape index (κ2) is 11.4. The van der Waals surface area contributed by atoms with Gasteiger partial charge in [-0.1, -0.05) is 96.5 Å². The Hall–Kier alpha value is -2.65. The second-order valence-corrected chi connectivity index (χ2v) is 12.4. The maximum atomic E-state index is 13.1. The first-order valence-electron chi connectivity index (χ1n) is 11.4. The van der Waals surface area contributed by atoms with Crippen LogP contribution in [0.5, 0.6) is 5.75 Å². The van der Waals surface area contributed by atoms with Gasteiger partial charge in [0.05, 0.1) is 15.5 Å². The number of rotatable bonds is 6. The number of nitrogens with zero attached hydrogens (tertiary/aromatic N) is 1. The van der Waals surface area contributed by atoms with Crippen molar-refractivity contribution in [2.75, 3.05) is 0 Å². The van der Waals surface area contributed by atoms with E-state index in [1.165, 1.54) is 5.56 Å². The van der Waals surface area contributed by atoms with E-state index in [2.05, 4.69) is 66.4 Å². The number of thiocarbonyl (C=S) groups is 1. The van der Waals surface area contributed by atoms with Gasteiger partial charge in [0.1, 0.15) is 12.4 Å². The number of hydrazine groups is 1. The molecule has 37 heavy (non-hydrogen) atoms. The molecule has 190 valence electrons. The van der Waals surface area contributed by atoms with E-state index in [1.54, 1.807) is 30.3 Å². The monoisotopic (exact) mass is 614 g/mol. The molecule has 1 aliphatic heterocycles. The molecule has 9 heteroatoms. The van der Waals surface area contributed by atoms with Crippen molar-refractivity contribution < 1.29 is 14.3 Å². The first-order chi connectivity index (χ1) is 17.5. The lowest BCUT2D eigenvalue weighted by Crippen LogP contribution is -2.44. The van der Waals surface area contributed by atoms with Gasteiger partial charge in [0, 0.05) is 10.0 Å². The highest BCUT2D eigenvalue weighted by Crippen LogP contribution is 2.35. The van der Waals surface area contributed by atoms with E-state index in [-0.39, 0.29) is 20.3 Å². The van der Waals surface area contributed by atoms with Crippen LogP contribution in [0.2, 0.25) is 5.02 Å². The number of halogens is 2. The Bertz CT molecular complexity index is 1400. The molecule has 0 spiro atoms. The molecule has 3 aromatic rings. The number of carbonyl (C=O) groups excluding carboxylic acids is 2. The Kier molecular flexibility index (Phi) is 8.43. The normalized spacial score (nSPS) is 14.8. The van der Waals surface area contributed by atoms with Gasteiger partial charge in [0.25, 0.3) is 11.8 Å². The third-order valence-corrected chi connectivity index (χ3v) is 7.72. The molecule has 4 rings (SSSR count). The standard InChI is InChI=1S/C28H24BrClN2O3S2/c1-28(2,3)19-10-8-17(9-11-19)16-35-23-13-12-20(29)14-18(23)15-24-26(34)32(27(36)37-24)31-25(33)21-6-4-5-7-22(21)30/h4-15H,16H2,1-3H3,(H,31,33)/b24-15+. The molecule has 1 fully saturated rings. The average molecular weight is 616 g/mol. The largest absolute Gasteiger partial charge is 0.488 e. The number of hydrogen-bond acceptors (Lipinski definition) is 5. The van der Waals surface area contributed by atoms with E-state index in [1.807, 2.05) is 18.2 Å². The number of carbonyl (C=O) groups is 2. The van der Waals surface area contributed by atoms with Crippen LogP contribution in [0.3, 0.4) is 0 Å². The van der Waals surface area contributed by atoms with Crippen molar-refractivity contribution in [2.24, 2.45) is 0 Å². The highest BCUT2D eigenvalue weighted by Gasteiger charge is 2.34. The van der Waals surface area contributed by atoms with Gasteiger partial charge in [-0.15, -0.1) is 0 Å². The first-order valence-corrected chi connectivity index (χ1v) is 13.8. The molecule has 1 saturated heterocycles. The number of benzene rings is 3. The van der Waals surface area contributed by atoms with Crippen molar-refractivity contribution >= 4 is 73.7 Å². The lowest BCUT2D eigenvalue weighted by molar-refractivity contribution is -0.123. The number of nitrogens with one attached hydrogen (secondary N) is 1. The Morgan fingerprint density at radius 3 is 2.51 bits per heavy atom. The summed E-state index contributed by atoms with van der Waals surface area (Å²) in [5.74, 6) is -0.334. The molecule has 0 saturated carbocycles. The number of ether oxygens (including phenoxy) is 1. The molecule has 0 bridgehead atoms. The molecule has 5 nitrogen and oxygen atoms in total. The molecular weight excluding hydrogens is 592 g/mol. The van der Waals surface area contributed by atoms with Crippen LogP contribution in [0, 0.1) is 0 Å². The Morgan fingerprint density at radius 1 is 1.14 bits per heavy atom. The summed E-state index contributed by atoms with van der Waals surface area (Å²) in [7, 11) is 0. The molecule has 1 N–H and O–H groups in total. The first kappa shape index (κ1) is 27.4. The molecular formula is C28H24BrClN2O3S2. The smallest absolute Gasteiger partial charge is 0.285 e.